The van der Waals surface area contributed by atoms with Gasteiger partial charge in [0.25, 0.3) is 5.91 Å². The van der Waals surface area contributed by atoms with Gasteiger partial charge in [-0.2, -0.15) is 0 Å². The summed E-state index contributed by atoms with van der Waals surface area (Å²) in [6.07, 6.45) is 3.40. The van der Waals surface area contributed by atoms with Crippen LogP contribution in [0.15, 0.2) is 67.0 Å². The molecular weight excluding hydrogens is 426 g/mol. The predicted octanol–water partition coefficient (Wildman–Crippen LogP) is 4.51. The molecule has 0 fully saturated rings. The smallest absolute Gasteiger partial charge is 0.253 e. The van der Waals surface area contributed by atoms with Crippen LogP contribution in [0.4, 0.5) is 11.6 Å². The van der Waals surface area contributed by atoms with E-state index in [1.54, 1.807) is 29.4 Å². The Morgan fingerprint density at radius 1 is 1.16 bits per heavy atom. The van der Waals surface area contributed by atoms with Gasteiger partial charge in [-0.05, 0) is 48.4 Å². The lowest BCUT2D eigenvalue weighted by molar-refractivity contribution is -0.124. The number of carbonyl (C=O) groups is 2. The number of para-hydroxylation sites is 2. The van der Waals surface area contributed by atoms with E-state index in [9.17, 15) is 9.59 Å². The van der Waals surface area contributed by atoms with Crippen molar-refractivity contribution in [1.82, 2.24) is 14.5 Å². The number of hydrogen-bond acceptors (Lipinski definition) is 4. The molecule has 0 radical (unpaired) electrons. The number of aromatic nitrogens is 3. The molecule has 2 aromatic heterocycles. The van der Waals surface area contributed by atoms with Crippen LogP contribution in [-0.4, -0.2) is 26.3 Å². The Morgan fingerprint density at radius 2 is 2.00 bits per heavy atom. The molecule has 7 nitrogen and oxygen atoms in total. The van der Waals surface area contributed by atoms with Crippen molar-refractivity contribution >= 4 is 46.1 Å². The highest BCUT2D eigenvalue weighted by molar-refractivity contribution is 6.31. The SMILES string of the molecule is Cc1ccc(NC(=O)C[C@H]2C(=O)N(Cc3cccnc3)c3nc4ccccc4n32)cc1Cl. The molecule has 4 aromatic rings. The van der Waals surface area contributed by atoms with E-state index >= 15 is 0 Å². The predicted molar refractivity (Wildman–Crippen MR) is 124 cm³/mol. The summed E-state index contributed by atoms with van der Waals surface area (Å²) in [4.78, 5) is 36.7. The summed E-state index contributed by atoms with van der Waals surface area (Å²) in [6.45, 7) is 2.23. The average molecular weight is 446 g/mol. The normalized spacial score (nSPS) is 15.2. The summed E-state index contributed by atoms with van der Waals surface area (Å²) in [5, 5.41) is 3.43. The molecule has 1 N–H and O–H groups in total. The second-order valence-corrected chi connectivity index (χ2v) is 8.20. The third kappa shape index (κ3) is 3.61. The minimum Gasteiger partial charge on any atom is -0.326 e. The highest BCUT2D eigenvalue weighted by atomic mass is 35.5. The molecule has 8 heteroatoms. The molecule has 3 heterocycles. The van der Waals surface area contributed by atoms with Gasteiger partial charge in [0.1, 0.15) is 6.04 Å². The Bertz CT molecular complexity index is 1330. The monoisotopic (exact) mass is 445 g/mol. The number of nitrogens with one attached hydrogen (secondary N) is 1. The van der Waals surface area contributed by atoms with Crippen molar-refractivity contribution in [3.8, 4) is 0 Å². The van der Waals surface area contributed by atoms with Crippen molar-refractivity contribution in [3.05, 3.63) is 83.1 Å². The van der Waals surface area contributed by atoms with Gasteiger partial charge in [-0.25, -0.2) is 4.98 Å². The van der Waals surface area contributed by atoms with Crippen molar-refractivity contribution in [2.75, 3.05) is 10.2 Å². The van der Waals surface area contributed by atoms with Crippen LogP contribution in [0.2, 0.25) is 5.02 Å². The Kier molecular flexibility index (Phi) is 5.11. The van der Waals surface area contributed by atoms with Crippen LogP contribution in [-0.2, 0) is 16.1 Å². The third-order valence-corrected chi connectivity index (χ3v) is 5.99. The molecule has 2 amide bonds. The molecular formula is C24H20ClN5O2. The number of carbonyl (C=O) groups excluding carboxylic acids is 2. The molecule has 5 rings (SSSR count). The number of nitrogens with zero attached hydrogens (tertiary/aromatic N) is 4. The van der Waals surface area contributed by atoms with Gasteiger partial charge < -0.3 is 5.32 Å². The number of amides is 2. The first-order chi connectivity index (χ1) is 15.5. The summed E-state index contributed by atoms with van der Waals surface area (Å²) < 4.78 is 1.86. The van der Waals surface area contributed by atoms with E-state index in [4.69, 9.17) is 11.6 Å². The molecule has 0 aliphatic carbocycles. The summed E-state index contributed by atoms with van der Waals surface area (Å²) in [5.41, 5.74) is 4.01. The van der Waals surface area contributed by atoms with Crippen molar-refractivity contribution in [2.24, 2.45) is 0 Å². The number of halogens is 1. The van der Waals surface area contributed by atoms with Gasteiger partial charge in [0.15, 0.2) is 0 Å². The summed E-state index contributed by atoms with van der Waals surface area (Å²) in [5.74, 6) is 0.102. The van der Waals surface area contributed by atoms with E-state index in [1.807, 2.05) is 54.0 Å². The van der Waals surface area contributed by atoms with Crippen LogP contribution in [0.3, 0.4) is 0 Å². The van der Waals surface area contributed by atoms with Gasteiger partial charge in [-0.1, -0.05) is 35.9 Å². The molecule has 0 bridgehead atoms. The second kappa shape index (κ2) is 8.09. The molecule has 0 saturated heterocycles. The topological polar surface area (TPSA) is 80.1 Å². The molecule has 0 saturated carbocycles. The maximum Gasteiger partial charge on any atom is 0.253 e. The first kappa shape index (κ1) is 20.2. The molecule has 1 atom stereocenters. The first-order valence-electron chi connectivity index (χ1n) is 10.2. The molecule has 2 aromatic carbocycles. The number of aryl methyl sites for hydroxylation is 1. The Morgan fingerprint density at radius 3 is 2.78 bits per heavy atom. The number of anilines is 2. The van der Waals surface area contributed by atoms with Crippen LogP contribution in [0.1, 0.15) is 23.6 Å². The van der Waals surface area contributed by atoms with E-state index in [0.29, 0.717) is 23.2 Å². The van der Waals surface area contributed by atoms with Gasteiger partial charge >= 0.3 is 0 Å². The molecule has 1 aliphatic rings. The average Bonchev–Trinajstić information content (AvgIpc) is 3.28. The fourth-order valence-corrected chi connectivity index (χ4v) is 4.16. The van der Waals surface area contributed by atoms with Gasteiger partial charge in [0.2, 0.25) is 11.9 Å². The number of fused-ring (bicyclic) bond motifs is 3. The standard InChI is InChI=1S/C24H20ClN5O2/c1-15-8-9-17(11-18(15)25)27-22(31)12-21-23(32)29(14-16-5-4-10-26-13-16)24-28-19-6-2-3-7-20(19)30(21)24/h2-11,13,21H,12,14H2,1H3,(H,27,31)/t21-/m0/s1. The van der Waals surface area contributed by atoms with Gasteiger partial charge in [-0.3, -0.25) is 24.0 Å². The van der Waals surface area contributed by atoms with Crippen LogP contribution >= 0.6 is 11.6 Å². The third-order valence-electron chi connectivity index (χ3n) is 5.58. The number of imidazole rings is 1. The van der Waals surface area contributed by atoms with Crippen molar-refractivity contribution < 1.29 is 9.59 Å². The zero-order valence-electron chi connectivity index (χ0n) is 17.3. The van der Waals surface area contributed by atoms with Crippen LogP contribution in [0.25, 0.3) is 11.0 Å². The molecule has 1 aliphatic heterocycles. The molecule has 32 heavy (non-hydrogen) atoms. The molecule has 0 spiro atoms. The highest BCUT2D eigenvalue weighted by Gasteiger charge is 2.40. The molecule has 0 unspecified atom stereocenters. The lowest BCUT2D eigenvalue weighted by atomic mass is 10.1. The number of rotatable bonds is 5. The van der Waals surface area contributed by atoms with Crippen LogP contribution < -0.4 is 10.2 Å². The highest BCUT2D eigenvalue weighted by Crippen LogP contribution is 2.37. The lowest BCUT2D eigenvalue weighted by Crippen LogP contribution is -2.31. The summed E-state index contributed by atoms with van der Waals surface area (Å²) in [7, 11) is 0. The molecule has 160 valence electrons. The van der Waals surface area contributed by atoms with E-state index < -0.39 is 6.04 Å². The van der Waals surface area contributed by atoms with Crippen molar-refractivity contribution in [3.63, 3.8) is 0 Å². The zero-order chi connectivity index (χ0) is 22.2. The van der Waals surface area contributed by atoms with E-state index in [0.717, 1.165) is 22.2 Å². The maximum atomic E-state index is 13.4. The Hall–Kier alpha value is -3.71. The number of benzene rings is 2. The van der Waals surface area contributed by atoms with Crippen LogP contribution in [0, 0.1) is 6.92 Å². The van der Waals surface area contributed by atoms with E-state index in [2.05, 4.69) is 15.3 Å². The van der Waals surface area contributed by atoms with Gasteiger partial charge in [0, 0.05) is 23.1 Å². The van der Waals surface area contributed by atoms with Gasteiger partial charge in [-0.15, -0.1) is 0 Å². The minimum atomic E-state index is -0.685. The zero-order valence-corrected chi connectivity index (χ0v) is 18.1. The van der Waals surface area contributed by atoms with E-state index in [-0.39, 0.29) is 18.2 Å². The first-order valence-corrected chi connectivity index (χ1v) is 10.6. The maximum absolute atomic E-state index is 13.4. The summed E-state index contributed by atoms with van der Waals surface area (Å²) in [6, 6.07) is 16.0. The number of pyridine rings is 1. The minimum absolute atomic E-state index is 0.0127. The second-order valence-electron chi connectivity index (χ2n) is 7.79. The van der Waals surface area contributed by atoms with Crippen molar-refractivity contribution in [2.45, 2.75) is 25.9 Å². The van der Waals surface area contributed by atoms with E-state index in [1.165, 1.54) is 0 Å². The largest absolute Gasteiger partial charge is 0.326 e. The lowest BCUT2D eigenvalue weighted by Gasteiger charge is -2.16. The van der Waals surface area contributed by atoms with Crippen molar-refractivity contribution in [1.29, 1.82) is 0 Å². The quantitative estimate of drug-likeness (QED) is 0.490. The number of hydrogen-bond donors (Lipinski definition) is 1. The fourth-order valence-electron chi connectivity index (χ4n) is 3.98. The summed E-state index contributed by atoms with van der Waals surface area (Å²) >= 11 is 6.17. The Labute approximate surface area is 189 Å². The Balaban J connectivity index is 1.46. The van der Waals surface area contributed by atoms with Gasteiger partial charge in [0.05, 0.1) is 24.0 Å². The fraction of sp³-hybridized carbons (Fsp3) is 0.167. The van der Waals surface area contributed by atoms with Crippen LogP contribution in [0.5, 0.6) is 0 Å².